The highest BCUT2D eigenvalue weighted by molar-refractivity contribution is 5.31. The average molecular weight is 269 g/mol. The van der Waals surface area contributed by atoms with E-state index in [4.69, 9.17) is 5.73 Å². The first-order valence-electron chi connectivity index (χ1n) is 6.29. The number of nitrogens with two attached hydrogens (primary N) is 1. The lowest BCUT2D eigenvalue weighted by Crippen LogP contribution is -2.43. The second kappa shape index (κ2) is 5.56. The second-order valence-electron chi connectivity index (χ2n) is 5.76. The maximum absolute atomic E-state index is 12.0. The van der Waals surface area contributed by atoms with E-state index in [2.05, 4.69) is 31.2 Å². The van der Waals surface area contributed by atoms with Gasteiger partial charge in [0.05, 0.1) is 0 Å². The highest BCUT2D eigenvalue weighted by atomic mass is 16.2. The molecular formula is C12H23N5O2. The molecule has 1 unspecified atom stereocenters. The molecule has 1 atom stereocenters. The van der Waals surface area contributed by atoms with Gasteiger partial charge in [-0.25, -0.2) is 9.48 Å². The fraction of sp³-hybridized carbons (Fsp3) is 0.750. The third kappa shape index (κ3) is 3.44. The Morgan fingerprint density at radius 2 is 1.89 bits per heavy atom. The van der Waals surface area contributed by atoms with Gasteiger partial charge in [0.25, 0.3) is 5.56 Å². The van der Waals surface area contributed by atoms with E-state index in [1.165, 1.54) is 14.1 Å². The van der Waals surface area contributed by atoms with Crippen molar-refractivity contribution in [2.45, 2.75) is 33.2 Å². The molecule has 1 aromatic heterocycles. The lowest BCUT2D eigenvalue weighted by Gasteiger charge is -2.31. The number of anilines is 1. The minimum atomic E-state index is -0.443. The van der Waals surface area contributed by atoms with Crippen LogP contribution in [0.2, 0.25) is 0 Å². The third-order valence-electron chi connectivity index (χ3n) is 3.13. The molecule has 0 aliphatic rings. The van der Waals surface area contributed by atoms with Crippen molar-refractivity contribution < 1.29 is 0 Å². The summed E-state index contributed by atoms with van der Waals surface area (Å²) in [5, 5.41) is 7.10. The van der Waals surface area contributed by atoms with Crippen molar-refractivity contribution in [2.24, 2.45) is 25.2 Å². The van der Waals surface area contributed by atoms with E-state index >= 15 is 0 Å². The van der Waals surface area contributed by atoms with Gasteiger partial charge in [0.1, 0.15) is 0 Å². The summed E-state index contributed by atoms with van der Waals surface area (Å²) in [5.74, 6) is 0.179. The van der Waals surface area contributed by atoms with Crippen LogP contribution < -0.4 is 22.3 Å². The molecule has 0 fully saturated rings. The Morgan fingerprint density at radius 3 is 2.37 bits per heavy atom. The average Bonchev–Trinajstić information content (AvgIpc) is 2.31. The number of rotatable bonds is 4. The van der Waals surface area contributed by atoms with E-state index in [1.807, 2.05) is 0 Å². The monoisotopic (exact) mass is 269 g/mol. The van der Waals surface area contributed by atoms with Gasteiger partial charge in [0.2, 0.25) is 5.82 Å². The summed E-state index contributed by atoms with van der Waals surface area (Å²) in [6, 6.07) is 0.00945. The van der Waals surface area contributed by atoms with Crippen molar-refractivity contribution in [1.29, 1.82) is 0 Å². The molecule has 1 rings (SSSR count). The Balaban J connectivity index is 3.18. The van der Waals surface area contributed by atoms with Gasteiger partial charge in [-0.2, -0.15) is 0 Å². The Labute approximate surface area is 112 Å². The molecule has 0 bridgehead atoms. The second-order valence-corrected chi connectivity index (χ2v) is 5.76. The summed E-state index contributed by atoms with van der Waals surface area (Å²) in [6.45, 7) is 6.70. The summed E-state index contributed by atoms with van der Waals surface area (Å²) in [6.07, 6.45) is 0.719. The molecule has 19 heavy (non-hydrogen) atoms. The van der Waals surface area contributed by atoms with E-state index in [-0.39, 0.29) is 17.3 Å². The normalized spacial score (nSPS) is 13.4. The van der Waals surface area contributed by atoms with Crippen molar-refractivity contribution in [1.82, 2.24) is 14.3 Å². The van der Waals surface area contributed by atoms with Gasteiger partial charge in [-0.05, 0) is 18.4 Å². The highest BCUT2D eigenvalue weighted by Crippen LogP contribution is 2.23. The van der Waals surface area contributed by atoms with Crippen LogP contribution in [0.4, 0.5) is 5.82 Å². The molecular weight excluding hydrogens is 246 g/mol. The molecule has 108 valence electrons. The van der Waals surface area contributed by atoms with Crippen molar-refractivity contribution in [3.8, 4) is 0 Å². The Morgan fingerprint density at radius 1 is 1.32 bits per heavy atom. The van der Waals surface area contributed by atoms with Crippen LogP contribution in [0.5, 0.6) is 0 Å². The Kier molecular flexibility index (Phi) is 4.52. The van der Waals surface area contributed by atoms with E-state index < -0.39 is 11.2 Å². The van der Waals surface area contributed by atoms with Gasteiger partial charge in [0, 0.05) is 20.1 Å². The molecule has 3 N–H and O–H groups in total. The lowest BCUT2D eigenvalue weighted by atomic mass is 9.85. The lowest BCUT2D eigenvalue weighted by molar-refractivity contribution is 0.327. The molecule has 0 saturated carbocycles. The third-order valence-corrected chi connectivity index (χ3v) is 3.13. The van der Waals surface area contributed by atoms with Gasteiger partial charge in [-0.3, -0.25) is 9.36 Å². The van der Waals surface area contributed by atoms with Gasteiger partial charge in [-0.15, -0.1) is 5.10 Å². The molecule has 0 radical (unpaired) electrons. The molecule has 0 aromatic carbocycles. The fourth-order valence-corrected chi connectivity index (χ4v) is 1.84. The van der Waals surface area contributed by atoms with Gasteiger partial charge >= 0.3 is 5.69 Å². The summed E-state index contributed by atoms with van der Waals surface area (Å²) in [7, 11) is 2.95. The van der Waals surface area contributed by atoms with E-state index in [0.29, 0.717) is 6.54 Å². The van der Waals surface area contributed by atoms with Crippen LogP contribution in [0.25, 0.3) is 0 Å². The first-order chi connectivity index (χ1) is 8.68. The Bertz CT molecular complexity index is 553. The van der Waals surface area contributed by atoms with Crippen LogP contribution in [0.1, 0.15) is 27.2 Å². The van der Waals surface area contributed by atoms with Crippen molar-refractivity contribution in [3.05, 3.63) is 20.8 Å². The first kappa shape index (κ1) is 15.4. The predicted octanol–water partition coefficient (Wildman–Crippen LogP) is -0.346. The van der Waals surface area contributed by atoms with E-state index in [1.54, 1.807) is 0 Å². The summed E-state index contributed by atoms with van der Waals surface area (Å²) in [4.78, 5) is 23.6. The molecule has 0 saturated heterocycles. The molecule has 7 heteroatoms. The van der Waals surface area contributed by atoms with Crippen LogP contribution in [0.3, 0.4) is 0 Å². The number of nitrogens with one attached hydrogen (secondary N) is 1. The maximum atomic E-state index is 12.0. The number of hydrogen-bond acceptors (Lipinski definition) is 5. The Hall–Kier alpha value is -1.63. The molecule has 0 aliphatic carbocycles. The predicted molar refractivity (Wildman–Crippen MR) is 75.3 cm³/mol. The SMILES string of the molecule is Cn1nc(NC(CCN)C(C)(C)C)c(=O)n(C)c1=O. The van der Waals surface area contributed by atoms with Crippen molar-refractivity contribution >= 4 is 5.82 Å². The van der Waals surface area contributed by atoms with Crippen LogP contribution in [0.15, 0.2) is 9.59 Å². The molecule has 0 spiro atoms. The van der Waals surface area contributed by atoms with Crippen LogP contribution in [-0.2, 0) is 14.1 Å². The standard InChI is InChI=1S/C12H23N5O2/c1-12(2,3)8(6-7-13)14-9-10(18)16(4)11(19)17(5)15-9/h8H,6-7,13H2,1-5H3,(H,14,15). The van der Waals surface area contributed by atoms with Crippen LogP contribution in [0, 0.1) is 5.41 Å². The van der Waals surface area contributed by atoms with E-state index in [9.17, 15) is 9.59 Å². The summed E-state index contributed by atoms with van der Waals surface area (Å²) in [5.41, 5.74) is 4.67. The zero-order valence-corrected chi connectivity index (χ0v) is 12.2. The smallest absolute Gasteiger partial charge is 0.346 e. The number of aryl methyl sites for hydroxylation is 1. The van der Waals surface area contributed by atoms with Crippen LogP contribution in [-0.4, -0.2) is 26.9 Å². The van der Waals surface area contributed by atoms with Crippen LogP contribution >= 0.6 is 0 Å². The zero-order chi connectivity index (χ0) is 14.8. The summed E-state index contributed by atoms with van der Waals surface area (Å²) >= 11 is 0. The van der Waals surface area contributed by atoms with Gasteiger partial charge in [0.15, 0.2) is 0 Å². The number of nitrogens with zero attached hydrogens (tertiary/aromatic N) is 3. The molecule has 0 amide bonds. The van der Waals surface area contributed by atoms with Gasteiger partial charge < -0.3 is 11.1 Å². The largest absolute Gasteiger partial charge is 0.361 e. The topological polar surface area (TPSA) is 94.9 Å². The summed E-state index contributed by atoms with van der Waals surface area (Å²) < 4.78 is 2.18. The maximum Gasteiger partial charge on any atom is 0.346 e. The first-order valence-corrected chi connectivity index (χ1v) is 6.29. The number of aromatic nitrogens is 3. The minimum absolute atomic E-state index is 0.00945. The van der Waals surface area contributed by atoms with Crippen molar-refractivity contribution in [3.63, 3.8) is 0 Å². The molecule has 1 heterocycles. The minimum Gasteiger partial charge on any atom is -0.361 e. The zero-order valence-electron chi connectivity index (χ0n) is 12.2. The van der Waals surface area contributed by atoms with Crippen molar-refractivity contribution in [2.75, 3.05) is 11.9 Å². The van der Waals surface area contributed by atoms with Gasteiger partial charge in [-0.1, -0.05) is 20.8 Å². The highest BCUT2D eigenvalue weighted by Gasteiger charge is 2.25. The molecule has 7 nitrogen and oxygen atoms in total. The quantitative estimate of drug-likeness (QED) is 0.779. The molecule has 1 aromatic rings. The number of hydrogen-bond donors (Lipinski definition) is 2. The van der Waals surface area contributed by atoms with E-state index in [0.717, 1.165) is 15.7 Å². The fourth-order valence-electron chi connectivity index (χ4n) is 1.84. The molecule has 0 aliphatic heterocycles.